The lowest BCUT2D eigenvalue weighted by atomic mass is 9.66. The van der Waals surface area contributed by atoms with E-state index in [2.05, 4.69) is 241 Å². The van der Waals surface area contributed by atoms with Crippen molar-refractivity contribution in [1.29, 1.82) is 0 Å². The van der Waals surface area contributed by atoms with Crippen LogP contribution in [0.5, 0.6) is 0 Å². The van der Waals surface area contributed by atoms with Crippen LogP contribution in [-0.4, -0.2) is 0 Å². The van der Waals surface area contributed by atoms with Crippen LogP contribution < -0.4 is 4.90 Å². The smallest absolute Gasteiger partial charge is 0.136 e. The molecule has 1 aromatic heterocycles. The molecule has 1 heterocycles. The predicted octanol–water partition coefficient (Wildman–Crippen LogP) is 16.4. The van der Waals surface area contributed by atoms with E-state index >= 15 is 0 Å². The largest absolute Gasteiger partial charge is 0.456 e. The highest BCUT2D eigenvalue weighted by atomic mass is 16.3. The van der Waals surface area contributed by atoms with Gasteiger partial charge in [0.25, 0.3) is 0 Å². The van der Waals surface area contributed by atoms with E-state index in [9.17, 15) is 0 Å². The Labute approximate surface area is 366 Å². The normalized spacial score (nSPS) is 14.4. The fourth-order valence-electron chi connectivity index (χ4n) is 10.9. The molecular formula is C61H39NO. The van der Waals surface area contributed by atoms with E-state index in [1.165, 1.54) is 83.3 Å². The molecule has 0 fully saturated rings. The van der Waals surface area contributed by atoms with E-state index < -0.39 is 5.41 Å². The molecule has 0 saturated carbocycles. The molecule has 0 radical (unpaired) electrons. The second-order valence-corrected chi connectivity index (χ2v) is 16.7. The van der Waals surface area contributed by atoms with Crippen molar-refractivity contribution < 1.29 is 4.42 Å². The van der Waals surface area contributed by atoms with E-state index in [4.69, 9.17) is 4.42 Å². The monoisotopic (exact) mass is 801 g/mol. The Kier molecular flexibility index (Phi) is 7.85. The number of hydrogen-bond donors (Lipinski definition) is 0. The molecule has 0 saturated heterocycles. The minimum absolute atomic E-state index is 0.633. The Balaban J connectivity index is 1.12. The van der Waals surface area contributed by atoms with Crippen molar-refractivity contribution in [2.45, 2.75) is 5.41 Å². The summed E-state index contributed by atoms with van der Waals surface area (Å²) < 4.78 is 6.58. The van der Waals surface area contributed by atoms with E-state index in [0.29, 0.717) is 0 Å². The quantitative estimate of drug-likeness (QED) is 0.172. The van der Waals surface area contributed by atoms with Crippen LogP contribution in [0.4, 0.5) is 17.1 Å². The first kappa shape index (κ1) is 35.5. The van der Waals surface area contributed by atoms with Gasteiger partial charge in [0.15, 0.2) is 0 Å². The van der Waals surface area contributed by atoms with Crippen LogP contribution in [-0.2, 0) is 5.41 Å². The molecular weight excluding hydrogens is 763 g/mol. The first-order chi connectivity index (χ1) is 31.3. The van der Waals surface area contributed by atoms with Crippen LogP contribution in [0.2, 0.25) is 0 Å². The van der Waals surface area contributed by atoms with E-state index in [1.54, 1.807) is 0 Å². The van der Waals surface area contributed by atoms with Crippen LogP contribution in [0.3, 0.4) is 0 Å². The van der Waals surface area contributed by atoms with Crippen LogP contribution >= 0.6 is 0 Å². The minimum atomic E-state index is -0.633. The summed E-state index contributed by atoms with van der Waals surface area (Å²) in [5.41, 5.74) is 21.7. The zero-order valence-electron chi connectivity index (χ0n) is 34.4. The maximum atomic E-state index is 6.58. The van der Waals surface area contributed by atoms with Crippen LogP contribution in [0.1, 0.15) is 22.3 Å². The number of nitrogens with zero attached hydrogens (tertiary/aromatic N) is 1. The van der Waals surface area contributed by atoms with Crippen molar-refractivity contribution in [2.24, 2.45) is 0 Å². The number of furan rings is 1. The lowest BCUT2D eigenvalue weighted by Crippen LogP contribution is -2.29. The zero-order valence-corrected chi connectivity index (χ0v) is 34.4. The molecule has 1 spiro atoms. The minimum Gasteiger partial charge on any atom is -0.456 e. The third-order valence-corrected chi connectivity index (χ3v) is 13.5. The first-order valence-electron chi connectivity index (χ1n) is 21.8. The topological polar surface area (TPSA) is 16.4 Å². The third kappa shape index (κ3) is 5.19. The highest BCUT2D eigenvalue weighted by molar-refractivity contribution is 6.16. The average Bonchev–Trinajstić information content (AvgIpc) is 3.85. The van der Waals surface area contributed by atoms with E-state index in [-0.39, 0.29) is 0 Å². The third-order valence-electron chi connectivity index (χ3n) is 13.5. The molecule has 11 aromatic rings. The fraction of sp³-hybridized carbons (Fsp3) is 0.0164. The molecule has 1 unspecified atom stereocenters. The molecule has 2 nitrogen and oxygen atoms in total. The molecule has 63 heavy (non-hydrogen) atoms. The van der Waals surface area contributed by atoms with Gasteiger partial charge in [0.2, 0.25) is 0 Å². The Morgan fingerprint density at radius 1 is 0.317 bits per heavy atom. The number of para-hydroxylation sites is 2. The SMILES string of the molecule is c1ccc(-c2ccc(N(c3ccc4c(c3)-c3ccccc3-c3ccccc3C43c4ccccc4-c4c3ccc3oc5ccccc5c43)c3ccccc3-c3ccccc3)cc2)cc1. The molecule has 0 bridgehead atoms. The van der Waals surface area contributed by atoms with E-state index in [1.807, 2.05) is 0 Å². The molecule has 2 heteroatoms. The van der Waals surface area contributed by atoms with Gasteiger partial charge in [-0.15, -0.1) is 0 Å². The van der Waals surface area contributed by atoms with Gasteiger partial charge in [-0.25, -0.2) is 0 Å². The van der Waals surface area contributed by atoms with Crippen molar-refractivity contribution in [3.05, 3.63) is 259 Å². The summed E-state index contributed by atoms with van der Waals surface area (Å²) in [5.74, 6) is 0. The molecule has 2 aliphatic carbocycles. The predicted molar refractivity (Wildman–Crippen MR) is 261 cm³/mol. The van der Waals surface area contributed by atoms with Gasteiger partial charge in [-0.1, -0.05) is 194 Å². The lowest BCUT2D eigenvalue weighted by molar-refractivity contribution is 0.668. The van der Waals surface area contributed by atoms with Crippen LogP contribution in [0.15, 0.2) is 241 Å². The van der Waals surface area contributed by atoms with Crippen molar-refractivity contribution in [3.63, 3.8) is 0 Å². The molecule has 10 aromatic carbocycles. The van der Waals surface area contributed by atoms with Gasteiger partial charge in [0.05, 0.1) is 11.1 Å². The summed E-state index contributed by atoms with van der Waals surface area (Å²) in [5, 5.41) is 2.32. The molecule has 294 valence electrons. The number of rotatable bonds is 5. The zero-order chi connectivity index (χ0) is 41.5. The molecule has 0 aliphatic heterocycles. The lowest BCUT2D eigenvalue weighted by Gasteiger charge is -2.36. The van der Waals surface area contributed by atoms with Gasteiger partial charge in [0, 0.05) is 27.7 Å². The Morgan fingerprint density at radius 2 is 0.841 bits per heavy atom. The molecule has 13 rings (SSSR count). The molecule has 0 N–H and O–H groups in total. The number of hydrogen-bond acceptors (Lipinski definition) is 2. The van der Waals surface area contributed by atoms with Crippen LogP contribution in [0.25, 0.3) is 77.6 Å². The maximum absolute atomic E-state index is 6.58. The van der Waals surface area contributed by atoms with Gasteiger partial charge in [-0.2, -0.15) is 0 Å². The Bertz CT molecular complexity index is 3570. The van der Waals surface area contributed by atoms with Gasteiger partial charge in [-0.05, 0) is 115 Å². The Morgan fingerprint density at radius 3 is 1.60 bits per heavy atom. The summed E-state index contributed by atoms with van der Waals surface area (Å²) in [7, 11) is 0. The van der Waals surface area contributed by atoms with Gasteiger partial charge >= 0.3 is 0 Å². The fourth-order valence-corrected chi connectivity index (χ4v) is 10.9. The van der Waals surface area contributed by atoms with E-state index in [0.717, 1.165) is 33.6 Å². The Hall–Kier alpha value is -8.20. The maximum Gasteiger partial charge on any atom is 0.136 e. The molecule has 1 atom stereocenters. The summed E-state index contributed by atoms with van der Waals surface area (Å²) in [6, 6.07) is 86.7. The summed E-state index contributed by atoms with van der Waals surface area (Å²) in [4.78, 5) is 2.45. The van der Waals surface area contributed by atoms with Crippen LogP contribution in [0, 0.1) is 0 Å². The number of benzene rings is 10. The van der Waals surface area contributed by atoms with Gasteiger partial charge in [-0.3, -0.25) is 0 Å². The highest BCUT2D eigenvalue weighted by Crippen LogP contribution is 2.63. The standard InChI is InChI=1S/C61H39NO/c1-3-17-40(18-4-1)41-31-33-43(34-32-41)62(56-29-15-11-21-45(56)42-19-5-2-6-20-42)44-35-36-54-51(39-44)47-23-8-7-22-46(47)48-24-9-13-27-52(48)61(54)53-28-14-10-25-49(53)59-55(61)37-38-58-60(59)50-26-12-16-30-57(50)63-58/h1-39H. The second kappa shape index (κ2) is 13.9. The molecule has 2 aliphatic rings. The number of anilines is 3. The van der Waals surface area contributed by atoms with Gasteiger partial charge < -0.3 is 9.32 Å². The highest BCUT2D eigenvalue weighted by Gasteiger charge is 2.50. The van der Waals surface area contributed by atoms with Crippen molar-refractivity contribution >= 4 is 39.0 Å². The molecule has 0 amide bonds. The number of fused-ring (bicyclic) bond motifs is 16. The van der Waals surface area contributed by atoms with Crippen molar-refractivity contribution in [2.75, 3.05) is 4.90 Å². The van der Waals surface area contributed by atoms with Crippen molar-refractivity contribution in [1.82, 2.24) is 0 Å². The summed E-state index contributed by atoms with van der Waals surface area (Å²) in [6.45, 7) is 0. The average molecular weight is 802 g/mol. The summed E-state index contributed by atoms with van der Waals surface area (Å²) in [6.07, 6.45) is 0. The van der Waals surface area contributed by atoms with Crippen molar-refractivity contribution in [3.8, 4) is 55.6 Å². The summed E-state index contributed by atoms with van der Waals surface area (Å²) >= 11 is 0. The first-order valence-corrected chi connectivity index (χ1v) is 21.8. The second-order valence-electron chi connectivity index (χ2n) is 16.7. The van der Waals surface area contributed by atoms with Gasteiger partial charge in [0.1, 0.15) is 11.2 Å².